The summed E-state index contributed by atoms with van der Waals surface area (Å²) in [6, 6.07) is 11.3. The maximum absolute atomic E-state index is 12.7. The average Bonchev–Trinajstić information content (AvgIpc) is 2.62. The minimum Gasteiger partial charge on any atom is -0.497 e. The second-order valence-electron chi connectivity index (χ2n) is 5.80. The van der Waals surface area contributed by atoms with Crippen LogP contribution in [-0.2, 0) is 10.0 Å². The highest BCUT2D eigenvalue weighted by Crippen LogP contribution is 2.24. The molecule has 0 radical (unpaired) electrons. The van der Waals surface area contributed by atoms with E-state index in [0.717, 1.165) is 0 Å². The number of carbonyl (C=O) groups excluding carboxylic acids is 1. The van der Waals surface area contributed by atoms with Gasteiger partial charge < -0.3 is 9.64 Å². The quantitative estimate of drug-likeness (QED) is 0.805. The van der Waals surface area contributed by atoms with Crippen LogP contribution in [0.4, 0.5) is 5.69 Å². The van der Waals surface area contributed by atoms with E-state index >= 15 is 0 Å². The van der Waals surface area contributed by atoms with E-state index in [0.29, 0.717) is 35.7 Å². The molecule has 0 saturated heterocycles. The number of amides is 1. The smallest absolute Gasteiger partial charge is 0.262 e. The number of nitrogens with zero attached hydrogens (tertiary/aromatic N) is 1. The maximum atomic E-state index is 12.7. The molecule has 0 heterocycles. The van der Waals surface area contributed by atoms with Gasteiger partial charge in [0.25, 0.3) is 15.9 Å². The highest BCUT2D eigenvalue weighted by molar-refractivity contribution is 7.92. The molecule has 0 saturated carbocycles. The molecule has 7 heteroatoms. The van der Waals surface area contributed by atoms with Gasteiger partial charge in [0.15, 0.2) is 0 Å². The number of anilines is 1. The molecular formula is C19H24N2O4S. The number of benzene rings is 2. The molecule has 0 spiro atoms. The standard InChI is InChI=1S/C19H24N2O4S/c1-5-21(6-2)19(22)15-8-7-9-16(13-15)20-26(23,24)18-11-10-17(25-4)12-14(18)3/h7-13,20H,5-6H2,1-4H3. The van der Waals surface area contributed by atoms with Crippen molar-refractivity contribution in [1.82, 2.24) is 4.90 Å². The molecule has 2 rings (SSSR count). The van der Waals surface area contributed by atoms with Gasteiger partial charge in [-0.2, -0.15) is 0 Å². The van der Waals surface area contributed by atoms with Gasteiger partial charge in [-0.05, 0) is 62.7 Å². The zero-order valence-corrected chi connectivity index (χ0v) is 16.3. The summed E-state index contributed by atoms with van der Waals surface area (Å²) in [5.41, 5.74) is 1.37. The lowest BCUT2D eigenvalue weighted by atomic mass is 10.2. The van der Waals surface area contributed by atoms with E-state index in [2.05, 4.69) is 4.72 Å². The molecule has 0 bridgehead atoms. The van der Waals surface area contributed by atoms with Crippen LogP contribution < -0.4 is 9.46 Å². The van der Waals surface area contributed by atoms with Crippen LogP contribution in [0.15, 0.2) is 47.4 Å². The zero-order chi connectivity index (χ0) is 19.3. The summed E-state index contributed by atoms with van der Waals surface area (Å²) in [5, 5.41) is 0. The van der Waals surface area contributed by atoms with Gasteiger partial charge in [-0.3, -0.25) is 9.52 Å². The number of hydrogen-bond acceptors (Lipinski definition) is 4. The predicted molar refractivity (Wildman–Crippen MR) is 102 cm³/mol. The van der Waals surface area contributed by atoms with Gasteiger partial charge in [0, 0.05) is 24.3 Å². The summed E-state index contributed by atoms with van der Waals surface area (Å²) in [6.45, 7) is 6.70. The van der Waals surface area contributed by atoms with Crippen LogP contribution in [0.1, 0.15) is 29.8 Å². The lowest BCUT2D eigenvalue weighted by molar-refractivity contribution is 0.0773. The molecule has 0 aliphatic heterocycles. The molecule has 0 unspecified atom stereocenters. The Morgan fingerprint density at radius 1 is 1.12 bits per heavy atom. The van der Waals surface area contributed by atoms with Crippen molar-refractivity contribution in [1.29, 1.82) is 0 Å². The Labute approximate surface area is 154 Å². The van der Waals surface area contributed by atoms with E-state index in [1.807, 2.05) is 13.8 Å². The first-order valence-electron chi connectivity index (χ1n) is 8.39. The fraction of sp³-hybridized carbons (Fsp3) is 0.316. The van der Waals surface area contributed by atoms with Crippen molar-refractivity contribution in [2.24, 2.45) is 0 Å². The lowest BCUT2D eigenvalue weighted by Crippen LogP contribution is -2.30. The zero-order valence-electron chi connectivity index (χ0n) is 15.4. The number of rotatable bonds is 7. The van der Waals surface area contributed by atoms with Crippen molar-refractivity contribution in [2.45, 2.75) is 25.7 Å². The van der Waals surface area contributed by atoms with Crippen molar-refractivity contribution in [2.75, 3.05) is 24.9 Å². The molecule has 1 N–H and O–H groups in total. The Kier molecular flexibility index (Phi) is 6.26. The van der Waals surface area contributed by atoms with Crippen LogP contribution in [0.2, 0.25) is 0 Å². The number of nitrogens with one attached hydrogen (secondary N) is 1. The molecule has 6 nitrogen and oxygen atoms in total. The normalized spacial score (nSPS) is 11.1. The van der Waals surface area contributed by atoms with E-state index in [1.54, 1.807) is 48.2 Å². The molecular weight excluding hydrogens is 352 g/mol. The Morgan fingerprint density at radius 2 is 1.81 bits per heavy atom. The monoisotopic (exact) mass is 376 g/mol. The van der Waals surface area contributed by atoms with Gasteiger partial charge in [0.2, 0.25) is 0 Å². The van der Waals surface area contributed by atoms with Gasteiger partial charge in [-0.15, -0.1) is 0 Å². The summed E-state index contributed by atoms with van der Waals surface area (Å²) in [6.07, 6.45) is 0. The minimum absolute atomic E-state index is 0.128. The van der Waals surface area contributed by atoms with Crippen molar-refractivity contribution in [3.8, 4) is 5.75 Å². The Balaban J connectivity index is 2.30. The number of sulfonamides is 1. The number of hydrogen-bond donors (Lipinski definition) is 1. The first-order chi connectivity index (χ1) is 12.3. The molecule has 26 heavy (non-hydrogen) atoms. The van der Waals surface area contributed by atoms with Gasteiger partial charge in [0.1, 0.15) is 5.75 Å². The third-order valence-electron chi connectivity index (χ3n) is 4.08. The fourth-order valence-corrected chi connectivity index (χ4v) is 3.95. The van der Waals surface area contributed by atoms with Crippen LogP contribution in [-0.4, -0.2) is 39.4 Å². The molecule has 2 aromatic carbocycles. The molecule has 0 atom stereocenters. The third kappa shape index (κ3) is 4.35. The predicted octanol–water partition coefficient (Wildman–Crippen LogP) is 3.29. The average molecular weight is 376 g/mol. The first-order valence-corrected chi connectivity index (χ1v) is 9.87. The lowest BCUT2D eigenvalue weighted by Gasteiger charge is -2.19. The van der Waals surface area contributed by atoms with Crippen LogP contribution in [0.5, 0.6) is 5.75 Å². The summed E-state index contributed by atoms with van der Waals surface area (Å²) < 4.78 is 33.1. The number of aryl methyl sites for hydroxylation is 1. The summed E-state index contributed by atoms with van der Waals surface area (Å²) >= 11 is 0. The minimum atomic E-state index is -3.77. The molecule has 0 aliphatic carbocycles. The van der Waals surface area contributed by atoms with Gasteiger partial charge in [-0.25, -0.2) is 8.42 Å². The highest BCUT2D eigenvalue weighted by Gasteiger charge is 2.19. The van der Waals surface area contributed by atoms with Gasteiger partial charge >= 0.3 is 0 Å². The van der Waals surface area contributed by atoms with Crippen molar-refractivity contribution in [3.05, 3.63) is 53.6 Å². The van der Waals surface area contributed by atoms with Crippen molar-refractivity contribution < 1.29 is 17.9 Å². The van der Waals surface area contributed by atoms with E-state index in [4.69, 9.17) is 4.74 Å². The molecule has 140 valence electrons. The van der Waals surface area contributed by atoms with Crippen molar-refractivity contribution in [3.63, 3.8) is 0 Å². The van der Waals surface area contributed by atoms with Crippen LogP contribution >= 0.6 is 0 Å². The van der Waals surface area contributed by atoms with E-state index in [9.17, 15) is 13.2 Å². The largest absolute Gasteiger partial charge is 0.497 e. The molecule has 0 aliphatic rings. The summed E-state index contributed by atoms with van der Waals surface area (Å²) in [7, 11) is -2.25. The Morgan fingerprint density at radius 3 is 2.38 bits per heavy atom. The maximum Gasteiger partial charge on any atom is 0.262 e. The van der Waals surface area contributed by atoms with Crippen LogP contribution in [0.25, 0.3) is 0 Å². The fourth-order valence-electron chi connectivity index (χ4n) is 2.67. The molecule has 0 aromatic heterocycles. The second-order valence-corrected chi connectivity index (χ2v) is 7.45. The topological polar surface area (TPSA) is 75.7 Å². The summed E-state index contributed by atoms with van der Waals surface area (Å²) in [5.74, 6) is 0.463. The Bertz CT molecular complexity index is 890. The SMILES string of the molecule is CCN(CC)C(=O)c1cccc(NS(=O)(=O)c2ccc(OC)cc2C)c1. The van der Waals surface area contributed by atoms with Crippen LogP contribution in [0, 0.1) is 6.92 Å². The Hall–Kier alpha value is -2.54. The van der Waals surface area contributed by atoms with Gasteiger partial charge in [-0.1, -0.05) is 6.07 Å². The van der Waals surface area contributed by atoms with Crippen molar-refractivity contribution >= 4 is 21.6 Å². The number of carbonyl (C=O) groups is 1. The van der Waals surface area contributed by atoms with Crippen LogP contribution in [0.3, 0.4) is 0 Å². The number of methoxy groups -OCH3 is 1. The first kappa shape index (κ1) is 19.8. The number of ether oxygens (including phenoxy) is 1. The van der Waals surface area contributed by atoms with E-state index < -0.39 is 10.0 Å². The molecule has 2 aromatic rings. The van der Waals surface area contributed by atoms with E-state index in [1.165, 1.54) is 13.2 Å². The van der Waals surface area contributed by atoms with Gasteiger partial charge in [0.05, 0.1) is 12.0 Å². The molecule has 0 fully saturated rings. The molecule has 1 amide bonds. The highest BCUT2D eigenvalue weighted by atomic mass is 32.2. The van der Waals surface area contributed by atoms with E-state index in [-0.39, 0.29) is 10.8 Å². The third-order valence-corrected chi connectivity index (χ3v) is 5.63. The summed E-state index contributed by atoms with van der Waals surface area (Å²) in [4.78, 5) is 14.3. The second kappa shape index (κ2) is 8.23.